The number of hydrogen-bond acceptors (Lipinski definition) is 5. The number of ether oxygens (including phenoxy) is 2. The van der Waals surface area contributed by atoms with E-state index in [1.165, 1.54) is 19.3 Å². The van der Waals surface area contributed by atoms with Gasteiger partial charge in [0, 0.05) is 24.7 Å². The first-order valence-electron chi connectivity index (χ1n) is 11.2. The fourth-order valence-corrected chi connectivity index (χ4v) is 5.50. The summed E-state index contributed by atoms with van der Waals surface area (Å²) in [7, 11) is 0. The summed E-state index contributed by atoms with van der Waals surface area (Å²) in [6, 6.07) is 6.53. The standard InChI is InChI=1S/C23H32N2O3/c26-23(15-6-2-1-3-7-15)16-10-11-17-18(14-16)25-22(20-9-5-13-28-20)21(24-17)19-8-4-12-27-19/h10-11,14-15,19-22,24-25H,1-9,12-13H2. The topological polar surface area (TPSA) is 59.6 Å². The second kappa shape index (κ2) is 8.03. The Morgan fingerprint density at radius 2 is 1.43 bits per heavy atom. The van der Waals surface area contributed by atoms with Crippen molar-refractivity contribution >= 4 is 17.2 Å². The van der Waals surface area contributed by atoms with Gasteiger partial charge in [0.05, 0.1) is 35.7 Å². The number of fused-ring (bicyclic) bond motifs is 1. The van der Waals surface area contributed by atoms with Crippen molar-refractivity contribution in [1.82, 2.24) is 0 Å². The molecule has 1 aromatic carbocycles. The van der Waals surface area contributed by atoms with Crippen LogP contribution in [0.5, 0.6) is 0 Å². The van der Waals surface area contributed by atoms with Gasteiger partial charge in [0.25, 0.3) is 0 Å². The van der Waals surface area contributed by atoms with E-state index >= 15 is 0 Å². The highest BCUT2D eigenvalue weighted by Crippen LogP contribution is 2.37. The molecule has 0 radical (unpaired) electrons. The molecular weight excluding hydrogens is 352 g/mol. The molecule has 2 N–H and O–H groups in total. The van der Waals surface area contributed by atoms with Crippen LogP contribution in [-0.4, -0.2) is 43.3 Å². The number of hydrogen-bond donors (Lipinski definition) is 2. The summed E-state index contributed by atoms with van der Waals surface area (Å²) in [6.07, 6.45) is 10.6. The molecule has 1 aliphatic carbocycles. The maximum absolute atomic E-state index is 13.0. The van der Waals surface area contributed by atoms with Crippen LogP contribution in [0.25, 0.3) is 0 Å². The number of carbonyl (C=O) groups is 1. The largest absolute Gasteiger partial charge is 0.376 e. The molecule has 4 aliphatic rings. The van der Waals surface area contributed by atoms with E-state index in [1.54, 1.807) is 0 Å². The van der Waals surface area contributed by atoms with Gasteiger partial charge in [-0.05, 0) is 56.7 Å². The molecule has 0 aromatic heterocycles. The fourth-order valence-electron chi connectivity index (χ4n) is 5.50. The summed E-state index contributed by atoms with van der Waals surface area (Å²) < 4.78 is 12.1. The number of Topliss-reactive ketones (excluding diaryl/α,β-unsaturated/α-hetero) is 1. The third-order valence-corrected chi connectivity index (χ3v) is 7.04. The van der Waals surface area contributed by atoms with Gasteiger partial charge in [-0.3, -0.25) is 4.79 Å². The van der Waals surface area contributed by atoms with E-state index in [0.29, 0.717) is 5.78 Å². The van der Waals surface area contributed by atoms with Crippen molar-refractivity contribution in [2.45, 2.75) is 82.1 Å². The van der Waals surface area contributed by atoms with E-state index in [4.69, 9.17) is 9.47 Å². The second-order valence-corrected chi connectivity index (χ2v) is 8.90. The summed E-state index contributed by atoms with van der Waals surface area (Å²) >= 11 is 0. The smallest absolute Gasteiger partial charge is 0.166 e. The van der Waals surface area contributed by atoms with Crippen molar-refractivity contribution < 1.29 is 14.3 Å². The minimum absolute atomic E-state index is 0.179. The van der Waals surface area contributed by atoms with Gasteiger partial charge in [0.2, 0.25) is 0 Å². The molecule has 5 heteroatoms. The molecule has 3 aliphatic heterocycles. The molecule has 5 rings (SSSR count). The lowest BCUT2D eigenvalue weighted by molar-refractivity contribution is 0.0475. The predicted octanol–water partition coefficient (Wildman–Crippen LogP) is 4.38. The normalized spacial score (nSPS) is 33.1. The Hall–Kier alpha value is -1.59. The predicted molar refractivity (Wildman–Crippen MR) is 110 cm³/mol. The van der Waals surface area contributed by atoms with Crippen molar-refractivity contribution in [2.24, 2.45) is 5.92 Å². The first-order chi connectivity index (χ1) is 13.8. The minimum Gasteiger partial charge on any atom is -0.376 e. The maximum atomic E-state index is 13.0. The van der Waals surface area contributed by atoms with Crippen LogP contribution in [0.3, 0.4) is 0 Å². The molecular formula is C23H32N2O3. The van der Waals surface area contributed by atoms with Crippen molar-refractivity contribution in [3.05, 3.63) is 23.8 Å². The Morgan fingerprint density at radius 1 is 0.786 bits per heavy atom. The number of benzene rings is 1. The zero-order valence-electron chi connectivity index (χ0n) is 16.6. The molecule has 0 spiro atoms. The Kier molecular flexibility index (Phi) is 5.29. The number of rotatable bonds is 4. The molecule has 4 unspecified atom stereocenters. The van der Waals surface area contributed by atoms with Crippen LogP contribution in [0, 0.1) is 5.92 Å². The van der Waals surface area contributed by atoms with Crippen LogP contribution in [-0.2, 0) is 9.47 Å². The molecule has 3 fully saturated rings. The average Bonchev–Trinajstić information content (AvgIpc) is 3.46. The van der Waals surface area contributed by atoms with Crippen molar-refractivity contribution in [1.29, 1.82) is 0 Å². The van der Waals surface area contributed by atoms with E-state index in [2.05, 4.69) is 22.8 Å². The van der Waals surface area contributed by atoms with Gasteiger partial charge in [0.1, 0.15) is 0 Å². The Balaban J connectivity index is 1.39. The SMILES string of the molecule is O=C(c1ccc2c(c1)NC(C1CCCO1)C(C1CCCO1)N2)C1CCCCC1. The molecule has 5 nitrogen and oxygen atoms in total. The summed E-state index contributed by atoms with van der Waals surface area (Å²) in [5.74, 6) is 0.524. The molecule has 28 heavy (non-hydrogen) atoms. The monoisotopic (exact) mass is 384 g/mol. The molecule has 0 bridgehead atoms. The number of carbonyl (C=O) groups excluding carboxylic acids is 1. The van der Waals surface area contributed by atoms with E-state index in [9.17, 15) is 4.79 Å². The Bertz CT molecular complexity index is 704. The average molecular weight is 385 g/mol. The van der Waals surface area contributed by atoms with Crippen molar-refractivity contribution in [2.75, 3.05) is 23.8 Å². The zero-order chi connectivity index (χ0) is 18.9. The van der Waals surface area contributed by atoms with Crippen LogP contribution in [0.2, 0.25) is 0 Å². The first kappa shape index (κ1) is 18.4. The summed E-state index contributed by atoms with van der Waals surface area (Å²) in [6.45, 7) is 1.69. The van der Waals surface area contributed by atoms with Gasteiger partial charge < -0.3 is 20.1 Å². The molecule has 0 amide bonds. The van der Waals surface area contributed by atoms with Gasteiger partial charge in [-0.2, -0.15) is 0 Å². The Morgan fingerprint density at radius 3 is 2.04 bits per heavy atom. The van der Waals surface area contributed by atoms with E-state index < -0.39 is 0 Å². The highest BCUT2D eigenvalue weighted by atomic mass is 16.5. The van der Waals surface area contributed by atoms with Crippen molar-refractivity contribution in [3.8, 4) is 0 Å². The quantitative estimate of drug-likeness (QED) is 0.755. The number of nitrogens with one attached hydrogen (secondary N) is 2. The molecule has 152 valence electrons. The molecule has 1 saturated carbocycles. The highest BCUT2D eigenvalue weighted by molar-refractivity contribution is 5.99. The fraction of sp³-hybridized carbons (Fsp3) is 0.696. The maximum Gasteiger partial charge on any atom is 0.166 e. The second-order valence-electron chi connectivity index (χ2n) is 8.90. The zero-order valence-corrected chi connectivity index (χ0v) is 16.6. The van der Waals surface area contributed by atoms with Crippen LogP contribution < -0.4 is 10.6 Å². The third kappa shape index (κ3) is 3.55. The van der Waals surface area contributed by atoms with Crippen molar-refractivity contribution in [3.63, 3.8) is 0 Å². The van der Waals surface area contributed by atoms with Crippen LogP contribution in [0.15, 0.2) is 18.2 Å². The summed E-state index contributed by atoms with van der Waals surface area (Å²) in [5, 5.41) is 7.48. The van der Waals surface area contributed by atoms with E-state index in [-0.39, 0.29) is 30.2 Å². The van der Waals surface area contributed by atoms with E-state index in [0.717, 1.165) is 68.7 Å². The summed E-state index contributed by atoms with van der Waals surface area (Å²) in [4.78, 5) is 13.0. The third-order valence-electron chi connectivity index (χ3n) is 7.04. The van der Waals surface area contributed by atoms with Crippen LogP contribution in [0.4, 0.5) is 11.4 Å². The molecule has 3 heterocycles. The lowest BCUT2D eigenvalue weighted by atomic mass is 9.83. The lowest BCUT2D eigenvalue weighted by Crippen LogP contribution is -2.55. The van der Waals surface area contributed by atoms with E-state index in [1.807, 2.05) is 6.07 Å². The van der Waals surface area contributed by atoms with Gasteiger partial charge in [-0.1, -0.05) is 19.3 Å². The molecule has 2 saturated heterocycles. The van der Waals surface area contributed by atoms with Gasteiger partial charge in [0.15, 0.2) is 5.78 Å². The summed E-state index contributed by atoms with van der Waals surface area (Å²) in [5.41, 5.74) is 2.97. The minimum atomic E-state index is 0.179. The van der Waals surface area contributed by atoms with Gasteiger partial charge in [-0.25, -0.2) is 0 Å². The first-order valence-corrected chi connectivity index (χ1v) is 11.2. The Labute approximate surface area is 167 Å². The lowest BCUT2D eigenvalue weighted by Gasteiger charge is -2.41. The molecule has 1 aromatic rings. The van der Waals surface area contributed by atoms with Crippen LogP contribution in [0.1, 0.15) is 68.1 Å². The molecule has 4 atom stereocenters. The number of ketones is 1. The number of anilines is 2. The van der Waals surface area contributed by atoms with Gasteiger partial charge >= 0.3 is 0 Å². The van der Waals surface area contributed by atoms with Crippen LogP contribution >= 0.6 is 0 Å². The highest BCUT2D eigenvalue weighted by Gasteiger charge is 2.41. The van der Waals surface area contributed by atoms with Gasteiger partial charge in [-0.15, -0.1) is 0 Å².